The van der Waals surface area contributed by atoms with Gasteiger partial charge in [-0.3, -0.25) is 4.79 Å². The van der Waals surface area contributed by atoms with Crippen LogP contribution in [0.25, 0.3) is 0 Å². The second-order valence-electron chi connectivity index (χ2n) is 5.71. The Bertz CT molecular complexity index is 801. The summed E-state index contributed by atoms with van der Waals surface area (Å²) in [6.45, 7) is 2.05. The Morgan fingerprint density at radius 2 is 2.00 bits per heavy atom. The monoisotopic (exact) mass is 394 g/mol. The number of ether oxygens (including phenoxy) is 2. The summed E-state index contributed by atoms with van der Waals surface area (Å²) in [6, 6.07) is 5.51. The van der Waals surface area contributed by atoms with Crippen LogP contribution in [-0.2, 0) is 11.3 Å². The summed E-state index contributed by atoms with van der Waals surface area (Å²) in [6.07, 6.45) is 0.0905. The van der Waals surface area contributed by atoms with Gasteiger partial charge in [0, 0.05) is 30.2 Å². The van der Waals surface area contributed by atoms with Crippen LogP contribution in [-0.4, -0.2) is 48.2 Å². The number of aromatic nitrogens is 2. The van der Waals surface area contributed by atoms with Gasteiger partial charge in [-0.05, 0) is 19.1 Å². The number of hydrogen-bond donors (Lipinski definition) is 3. The molecule has 8 nitrogen and oxygen atoms in total. The maximum Gasteiger partial charge on any atom is 0.226 e. The van der Waals surface area contributed by atoms with E-state index in [2.05, 4.69) is 20.6 Å². The summed E-state index contributed by atoms with van der Waals surface area (Å²) < 4.78 is 10.6. The summed E-state index contributed by atoms with van der Waals surface area (Å²) in [5.41, 5.74) is 1.53. The van der Waals surface area contributed by atoms with E-state index in [9.17, 15) is 4.79 Å². The molecule has 1 heterocycles. The number of aliphatic hydroxyl groups is 1. The number of methoxy groups -OCH3 is 2. The van der Waals surface area contributed by atoms with E-state index in [1.54, 1.807) is 27.2 Å². The number of ketones is 1. The third-order valence-corrected chi connectivity index (χ3v) is 4.23. The van der Waals surface area contributed by atoms with E-state index in [-0.39, 0.29) is 30.5 Å². The first-order valence-electron chi connectivity index (χ1n) is 8.33. The Hall–Kier alpha value is -2.58. The van der Waals surface area contributed by atoms with Crippen molar-refractivity contribution in [3.8, 4) is 11.5 Å². The highest BCUT2D eigenvalue weighted by molar-refractivity contribution is 6.30. The molecular weight excluding hydrogens is 372 g/mol. The van der Waals surface area contributed by atoms with Crippen molar-refractivity contribution in [3.05, 3.63) is 34.5 Å². The van der Waals surface area contributed by atoms with E-state index in [4.69, 9.17) is 26.2 Å². The molecule has 3 N–H and O–H groups in total. The van der Waals surface area contributed by atoms with Gasteiger partial charge in [0.2, 0.25) is 5.95 Å². The van der Waals surface area contributed by atoms with Crippen molar-refractivity contribution >= 4 is 29.2 Å². The molecule has 0 atom stereocenters. The summed E-state index contributed by atoms with van der Waals surface area (Å²) in [7, 11) is 3.18. The quantitative estimate of drug-likeness (QED) is 0.527. The van der Waals surface area contributed by atoms with Gasteiger partial charge in [0.05, 0.1) is 27.4 Å². The van der Waals surface area contributed by atoms with Crippen molar-refractivity contribution in [2.75, 3.05) is 38.0 Å². The molecule has 0 aliphatic heterocycles. The number of aliphatic hydroxyl groups excluding tert-OH is 1. The predicted molar refractivity (Wildman–Crippen MR) is 104 cm³/mol. The molecule has 27 heavy (non-hydrogen) atoms. The Morgan fingerprint density at radius 3 is 2.67 bits per heavy atom. The van der Waals surface area contributed by atoms with Crippen LogP contribution in [0.1, 0.15) is 17.5 Å². The number of rotatable bonds is 10. The zero-order valence-corrected chi connectivity index (χ0v) is 16.3. The fraction of sp³-hybridized carbons (Fsp3) is 0.389. The number of nitrogens with one attached hydrogen (secondary N) is 2. The Balaban J connectivity index is 2.11. The minimum Gasteiger partial charge on any atom is -0.497 e. The fourth-order valence-corrected chi connectivity index (χ4v) is 2.48. The van der Waals surface area contributed by atoms with Crippen molar-refractivity contribution < 1.29 is 19.4 Å². The highest BCUT2D eigenvalue weighted by atomic mass is 35.5. The lowest BCUT2D eigenvalue weighted by Gasteiger charge is -2.14. The lowest BCUT2D eigenvalue weighted by molar-refractivity contribution is -0.118. The molecule has 2 aromatic rings. The first-order valence-corrected chi connectivity index (χ1v) is 8.71. The van der Waals surface area contributed by atoms with Gasteiger partial charge in [0.1, 0.15) is 22.5 Å². The van der Waals surface area contributed by atoms with E-state index in [1.165, 1.54) is 0 Å². The zero-order chi connectivity index (χ0) is 19.8. The van der Waals surface area contributed by atoms with Crippen LogP contribution in [0.2, 0.25) is 5.15 Å². The van der Waals surface area contributed by atoms with Crippen LogP contribution < -0.4 is 20.1 Å². The van der Waals surface area contributed by atoms with E-state index in [0.29, 0.717) is 35.4 Å². The Kier molecular flexibility index (Phi) is 7.63. The number of carbonyl (C=O) groups excluding carboxylic acids is 1. The SMILES string of the molecule is COc1ccc(CNc2nc(Cl)c(C)c(NCC(=O)CCO)n2)c(OC)c1. The van der Waals surface area contributed by atoms with Crippen LogP contribution >= 0.6 is 11.6 Å². The molecule has 1 aromatic carbocycles. The number of Topliss-reactive ketones (excluding diaryl/α,β-unsaturated/α-hetero) is 1. The van der Waals surface area contributed by atoms with Gasteiger partial charge < -0.3 is 25.2 Å². The Labute approximate surface area is 162 Å². The maximum atomic E-state index is 11.6. The summed E-state index contributed by atoms with van der Waals surface area (Å²) in [5, 5.41) is 15.1. The minimum absolute atomic E-state index is 0.0560. The van der Waals surface area contributed by atoms with Gasteiger partial charge in [0.15, 0.2) is 5.78 Å². The van der Waals surface area contributed by atoms with Crippen LogP contribution in [0, 0.1) is 6.92 Å². The number of nitrogens with zero attached hydrogens (tertiary/aromatic N) is 2. The van der Waals surface area contributed by atoms with Gasteiger partial charge in [-0.25, -0.2) is 4.98 Å². The zero-order valence-electron chi connectivity index (χ0n) is 15.5. The molecular formula is C18H23ClN4O4. The van der Waals surface area contributed by atoms with Gasteiger partial charge in [-0.2, -0.15) is 4.98 Å². The smallest absolute Gasteiger partial charge is 0.226 e. The van der Waals surface area contributed by atoms with E-state index >= 15 is 0 Å². The predicted octanol–water partition coefficient (Wildman–Crippen LogP) is 2.43. The molecule has 0 spiro atoms. The van der Waals surface area contributed by atoms with Crippen molar-refractivity contribution in [1.82, 2.24) is 9.97 Å². The van der Waals surface area contributed by atoms with E-state index in [1.807, 2.05) is 12.1 Å². The second kappa shape index (κ2) is 9.94. The summed E-state index contributed by atoms with van der Waals surface area (Å²) in [5.74, 6) is 2.03. The van der Waals surface area contributed by atoms with Crippen molar-refractivity contribution in [1.29, 1.82) is 0 Å². The van der Waals surface area contributed by atoms with E-state index in [0.717, 1.165) is 5.56 Å². The minimum atomic E-state index is -0.180. The third kappa shape index (κ3) is 5.70. The molecule has 0 aliphatic carbocycles. The summed E-state index contributed by atoms with van der Waals surface area (Å²) >= 11 is 6.18. The van der Waals surface area contributed by atoms with Crippen LogP contribution in [0.5, 0.6) is 11.5 Å². The van der Waals surface area contributed by atoms with Crippen molar-refractivity contribution in [2.24, 2.45) is 0 Å². The lowest BCUT2D eigenvalue weighted by atomic mass is 10.2. The average molecular weight is 395 g/mol. The van der Waals surface area contributed by atoms with Crippen molar-refractivity contribution in [3.63, 3.8) is 0 Å². The van der Waals surface area contributed by atoms with Crippen molar-refractivity contribution in [2.45, 2.75) is 19.9 Å². The number of anilines is 2. The summed E-state index contributed by atoms with van der Waals surface area (Å²) in [4.78, 5) is 20.2. The first kappa shape index (κ1) is 20.7. The fourth-order valence-electron chi connectivity index (χ4n) is 2.31. The van der Waals surface area contributed by atoms with Gasteiger partial charge >= 0.3 is 0 Å². The maximum absolute atomic E-state index is 11.6. The van der Waals surface area contributed by atoms with Gasteiger partial charge in [0.25, 0.3) is 0 Å². The number of halogens is 1. The molecule has 0 aliphatic rings. The Morgan fingerprint density at radius 1 is 1.22 bits per heavy atom. The molecule has 0 radical (unpaired) electrons. The molecule has 1 aromatic heterocycles. The highest BCUT2D eigenvalue weighted by Crippen LogP contribution is 2.26. The molecule has 0 amide bonds. The number of carbonyl (C=O) groups is 1. The first-order chi connectivity index (χ1) is 13.0. The topological polar surface area (TPSA) is 106 Å². The number of benzene rings is 1. The largest absolute Gasteiger partial charge is 0.497 e. The van der Waals surface area contributed by atoms with Gasteiger partial charge in [-0.1, -0.05) is 11.6 Å². The molecule has 146 valence electrons. The number of hydrogen-bond acceptors (Lipinski definition) is 8. The second-order valence-corrected chi connectivity index (χ2v) is 6.07. The molecule has 9 heteroatoms. The normalized spacial score (nSPS) is 10.4. The van der Waals surface area contributed by atoms with Crippen LogP contribution in [0.3, 0.4) is 0 Å². The lowest BCUT2D eigenvalue weighted by Crippen LogP contribution is -2.17. The van der Waals surface area contributed by atoms with E-state index < -0.39 is 0 Å². The molecule has 2 rings (SSSR count). The molecule has 0 fully saturated rings. The van der Waals surface area contributed by atoms with Crippen LogP contribution in [0.15, 0.2) is 18.2 Å². The average Bonchev–Trinajstić information content (AvgIpc) is 2.67. The van der Waals surface area contributed by atoms with Gasteiger partial charge in [-0.15, -0.1) is 0 Å². The van der Waals surface area contributed by atoms with Crippen LogP contribution in [0.4, 0.5) is 11.8 Å². The molecule has 0 unspecified atom stereocenters. The molecule has 0 saturated heterocycles. The molecule has 0 bridgehead atoms. The standard InChI is InChI=1S/C18H23ClN4O4/c1-11-16(19)22-18(23-17(11)20-10-13(25)6-7-24)21-9-12-4-5-14(26-2)8-15(12)27-3/h4-5,8,24H,6-7,9-10H2,1-3H3,(H2,20,21,22,23). The molecule has 0 saturated carbocycles. The third-order valence-electron chi connectivity index (χ3n) is 3.86. The highest BCUT2D eigenvalue weighted by Gasteiger charge is 2.12.